The molecule has 2 aliphatic heterocycles. The van der Waals surface area contributed by atoms with Gasteiger partial charge in [-0.2, -0.15) is 0 Å². The Morgan fingerprint density at radius 2 is 2.14 bits per heavy atom. The molecule has 0 spiro atoms. The number of amides is 1. The van der Waals surface area contributed by atoms with Crippen LogP contribution >= 0.6 is 0 Å². The minimum atomic E-state index is 0.0833. The molecule has 22 heavy (non-hydrogen) atoms. The molecule has 1 aromatic heterocycles. The van der Waals surface area contributed by atoms with E-state index >= 15 is 0 Å². The number of hydrogen-bond donors (Lipinski definition) is 0. The van der Waals surface area contributed by atoms with Gasteiger partial charge in [0.05, 0.1) is 11.7 Å². The standard InChI is InChI=1S/C17H25N3O2/c1-13-7-14(10-18-9-13)17(21)20-12-16(22-2)8-15(20)11-19-5-3-4-6-19/h7,9-10,15-16H,3-6,8,11-12H2,1-2H3/t15-,16-/m0/s1. The quantitative estimate of drug-likeness (QED) is 0.849. The molecule has 0 saturated carbocycles. The summed E-state index contributed by atoms with van der Waals surface area (Å²) in [6.45, 7) is 5.92. The molecule has 0 bridgehead atoms. The molecule has 2 fully saturated rings. The maximum atomic E-state index is 12.9. The lowest BCUT2D eigenvalue weighted by molar-refractivity contribution is 0.0669. The monoisotopic (exact) mass is 303 g/mol. The molecule has 120 valence electrons. The Bertz CT molecular complexity index is 528. The Kier molecular flexibility index (Phi) is 4.74. The van der Waals surface area contributed by atoms with Crippen LogP contribution < -0.4 is 0 Å². The molecule has 5 nitrogen and oxygen atoms in total. The first-order valence-electron chi connectivity index (χ1n) is 8.15. The lowest BCUT2D eigenvalue weighted by Crippen LogP contribution is -2.42. The molecule has 2 atom stereocenters. The van der Waals surface area contributed by atoms with Crippen LogP contribution in [-0.2, 0) is 4.74 Å². The molecular formula is C17H25N3O2. The van der Waals surface area contributed by atoms with Gasteiger partial charge in [-0.3, -0.25) is 9.78 Å². The number of hydrogen-bond acceptors (Lipinski definition) is 4. The predicted octanol–water partition coefficient (Wildman–Crippen LogP) is 1.72. The van der Waals surface area contributed by atoms with Gasteiger partial charge in [-0.15, -0.1) is 0 Å². The van der Waals surface area contributed by atoms with Crippen molar-refractivity contribution in [3.8, 4) is 0 Å². The first-order valence-corrected chi connectivity index (χ1v) is 8.15. The van der Waals surface area contributed by atoms with Crippen LogP contribution in [0.25, 0.3) is 0 Å². The predicted molar refractivity (Wildman–Crippen MR) is 84.9 cm³/mol. The van der Waals surface area contributed by atoms with Gasteiger partial charge in [0.2, 0.25) is 0 Å². The van der Waals surface area contributed by atoms with E-state index in [2.05, 4.69) is 9.88 Å². The topological polar surface area (TPSA) is 45.7 Å². The molecule has 3 rings (SSSR count). The molecule has 0 N–H and O–H groups in total. The Labute approximate surface area is 132 Å². The van der Waals surface area contributed by atoms with E-state index in [1.54, 1.807) is 19.5 Å². The number of ether oxygens (including phenoxy) is 1. The van der Waals surface area contributed by atoms with Gasteiger partial charge in [-0.25, -0.2) is 0 Å². The van der Waals surface area contributed by atoms with Crippen molar-refractivity contribution < 1.29 is 9.53 Å². The summed E-state index contributed by atoms with van der Waals surface area (Å²) in [4.78, 5) is 21.5. The maximum Gasteiger partial charge on any atom is 0.255 e. The number of rotatable bonds is 4. The number of aromatic nitrogens is 1. The smallest absolute Gasteiger partial charge is 0.255 e. The average Bonchev–Trinajstić information content (AvgIpc) is 3.16. The van der Waals surface area contributed by atoms with Crippen molar-refractivity contribution in [2.24, 2.45) is 0 Å². The summed E-state index contributed by atoms with van der Waals surface area (Å²) in [5, 5.41) is 0. The van der Waals surface area contributed by atoms with E-state index in [1.807, 2.05) is 17.9 Å². The zero-order chi connectivity index (χ0) is 15.5. The number of pyridine rings is 1. The van der Waals surface area contributed by atoms with Crippen LogP contribution in [0, 0.1) is 6.92 Å². The summed E-state index contributed by atoms with van der Waals surface area (Å²) in [6, 6.07) is 2.17. The van der Waals surface area contributed by atoms with E-state index < -0.39 is 0 Å². The molecule has 1 amide bonds. The molecule has 0 radical (unpaired) electrons. The first kappa shape index (κ1) is 15.4. The van der Waals surface area contributed by atoms with E-state index in [0.29, 0.717) is 12.1 Å². The number of carbonyl (C=O) groups is 1. The zero-order valence-electron chi connectivity index (χ0n) is 13.5. The second-order valence-electron chi connectivity index (χ2n) is 6.46. The summed E-state index contributed by atoms with van der Waals surface area (Å²) in [6.07, 6.45) is 7.07. The zero-order valence-corrected chi connectivity index (χ0v) is 13.5. The number of nitrogens with zero attached hydrogens (tertiary/aromatic N) is 3. The highest BCUT2D eigenvalue weighted by atomic mass is 16.5. The van der Waals surface area contributed by atoms with E-state index in [-0.39, 0.29) is 18.1 Å². The third-order valence-corrected chi connectivity index (χ3v) is 4.76. The highest BCUT2D eigenvalue weighted by Crippen LogP contribution is 2.24. The van der Waals surface area contributed by atoms with Crippen molar-refractivity contribution in [1.82, 2.24) is 14.8 Å². The van der Waals surface area contributed by atoms with Crippen LogP contribution in [0.3, 0.4) is 0 Å². The lowest BCUT2D eigenvalue weighted by Gasteiger charge is -2.28. The van der Waals surface area contributed by atoms with Gasteiger partial charge >= 0.3 is 0 Å². The Morgan fingerprint density at radius 3 is 2.82 bits per heavy atom. The third-order valence-electron chi connectivity index (χ3n) is 4.76. The van der Waals surface area contributed by atoms with E-state index in [4.69, 9.17) is 4.74 Å². The summed E-state index contributed by atoms with van der Waals surface area (Å²) in [5.41, 5.74) is 1.70. The third kappa shape index (κ3) is 3.31. The van der Waals surface area contributed by atoms with Gasteiger partial charge in [0, 0.05) is 38.6 Å². The van der Waals surface area contributed by atoms with E-state index in [1.165, 1.54) is 12.8 Å². The normalized spacial score (nSPS) is 25.8. The van der Waals surface area contributed by atoms with Gasteiger partial charge < -0.3 is 14.5 Å². The van der Waals surface area contributed by atoms with Crippen LogP contribution in [0.1, 0.15) is 35.2 Å². The van der Waals surface area contributed by atoms with Gasteiger partial charge in [0.1, 0.15) is 0 Å². The van der Waals surface area contributed by atoms with Gasteiger partial charge in [0.25, 0.3) is 5.91 Å². The van der Waals surface area contributed by atoms with Crippen molar-refractivity contribution in [1.29, 1.82) is 0 Å². The SMILES string of the molecule is CO[C@H]1C[C@@H](CN2CCCC2)N(C(=O)c2cncc(C)c2)C1. The first-order chi connectivity index (χ1) is 10.7. The summed E-state index contributed by atoms with van der Waals surface area (Å²) < 4.78 is 5.52. The lowest BCUT2D eigenvalue weighted by atomic mass is 10.1. The fourth-order valence-corrected chi connectivity index (χ4v) is 3.57. The van der Waals surface area contributed by atoms with Crippen LogP contribution in [-0.4, -0.2) is 66.1 Å². The van der Waals surface area contributed by atoms with Gasteiger partial charge in [-0.05, 0) is 50.9 Å². The summed E-state index contributed by atoms with van der Waals surface area (Å²) in [7, 11) is 1.74. The van der Waals surface area contributed by atoms with Gasteiger partial charge in [-0.1, -0.05) is 0 Å². The van der Waals surface area contributed by atoms with Crippen molar-refractivity contribution in [3.05, 3.63) is 29.6 Å². The summed E-state index contributed by atoms with van der Waals surface area (Å²) >= 11 is 0. The second-order valence-corrected chi connectivity index (χ2v) is 6.46. The van der Waals surface area contributed by atoms with E-state index in [0.717, 1.165) is 31.6 Å². The Morgan fingerprint density at radius 1 is 1.36 bits per heavy atom. The second kappa shape index (κ2) is 6.75. The summed E-state index contributed by atoms with van der Waals surface area (Å²) in [5.74, 6) is 0.0833. The average molecular weight is 303 g/mol. The fraction of sp³-hybridized carbons (Fsp3) is 0.647. The minimum absolute atomic E-state index is 0.0833. The van der Waals surface area contributed by atoms with Crippen molar-refractivity contribution in [2.45, 2.75) is 38.3 Å². The molecule has 0 aromatic carbocycles. The van der Waals surface area contributed by atoms with E-state index in [9.17, 15) is 4.79 Å². The van der Waals surface area contributed by atoms with Crippen LogP contribution in [0.15, 0.2) is 18.5 Å². The van der Waals surface area contributed by atoms with Crippen LogP contribution in [0.2, 0.25) is 0 Å². The van der Waals surface area contributed by atoms with Crippen LogP contribution in [0.5, 0.6) is 0 Å². The molecule has 1 aromatic rings. The van der Waals surface area contributed by atoms with Crippen molar-refractivity contribution in [3.63, 3.8) is 0 Å². The molecule has 2 aliphatic rings. The minimum Gasteiger partial charge on any atom is -0.380 e. The molecule has 2 saturated heterocycles. The van der Waals surface area contributed by atoms with Gasteiger partial charge in [0.15, 0.2) is 0 Å². The Balaban J connectivity index is 1.74. The molecule has 5 heteroatoms. The number of aryl methyl sites for hydroxylation is 1. The molecular weight excluding hydrogens is 278 g/mol. The Hall–Kier alpha value is -1.46. The van der Waals surface area contributed by atoms with Crippen molar-refractivity contribution >= 4 is 5.91 Å². The maximum absolute atomic E-state index is 12.9. The molecule has 0 unspecified atom stereocenters. The fourth-order valence-electron chi connectivity index (χ4n) is 3.57. The van der Waals surface area contributed by atoms with Crippen molar-refractivity contribution in [2.75, 3.05) is 33.3 Å². The molecule has 0 aliphatic carbocycles. The number of methoxy groups -OCH3 is 1. The number of carbonyl (C=O) groups excluding carboxylic acids is 1. The van der Waals surface area contributed by atoms with Crippen LogP contribution in [0.4, 0.5) is 0 Å². The number of likely N-dealkylation sites (tertiary alicyclic amines) is 2. The molecule has 3 heterocycles. The highest BCUT2D eigenvalue weighted by molar-refractivity contribution is 5.94. The largest absolute Gasteiger partial charge is 0.380 e. The highest BCUT2D eigenvalue weighted by Gasteiger charge is 2.37.